The number of hydrazine groups is 1. The number of nitrogens with two attached hydrogens (primary N) is 2. The van der Waals surface area contributed by atoms with E-state index < -0.39 is 10.3 Å². The predicted octanol–water partition coefficient (Wildman–Crippen LogP) is -1.77. The van der Waals surface area contributed by atoms with E-state index in [1.54, 1.807) is 0 Å². The van der Waals surface area contributed by atoms with Crippen molar-refractivity contribution in [2.24, 2.45) is 16.7 Å². The average Bonchev–Trinajstić information content (AvgIpc) is 2.75. The van der Waals surface area contributed by atoms with E-state index in [4.69, 9.17) is 21.3 Å². The number of nitrogens with zero attached hydrogens (tertiary/aromatic N) is 4. The van der Waals surface area contributed by atoms with E-state index in [0.717, 1.165) is 11.8 Å². The topological polar surface area (TPSA) is 181 Å². The summed E-state index contributed by atoms with van der Waals surface area (Å²) >= 11 is 1.01. The summed E-state index contributed by atoms with van der Waals surface area (Å²) in [5.41, 5.74) is 5.32. The van der Waals surface area contributed by atoms with Gasteiger partial charge in [0, 0.05) is 12.3 Å². The molecule has 6 N–H and O–H groups in total. The molecule has 0 amide bonds. The maximum Gasteiger partial charge on any atom is 0.348 e. The number of thioether (sulfide) groups is 1. The normalized spacial score (nSPS) is 13.2. The van der Waals surface area contributed by atoms with Gasteiger partial charge in [0.05, 0.1) is 0 Å². The molecule has 0 aliphatic heterocycles. The van der Waals surface area contributed by atoms with Gasteiger partial charge in [0.15, 0.2) is 16.6 Å². The lowest BCUT2D eigenvalue weighted by atomic mass is 10.4. The van der Waals surface area contributed by atoms with Crippen molar-refractivity contribution in [1.82, 2.24) is 14.7 Å². The van der Waals surface area contributed by atoms with Crippen LogP contribution >= 0.6 is 11.8 Å². The number of rotatable bonds is 6. The van der Waals surface area contributed by atoms with Gasteiger partial charge < -0.3 is 10.9 Å². The van der Waals surface area contributed by atoms with Crippen LogP contribution < -0.4 is 11.6 Å². The standard InChI is InChI=1S/C5H10N6O5S2/c6-4(8-12)3-5(10-16-9-3)17-2-1-11(7)18(13,14)15/h12H,1-2,7H2,(H2,6,8)(H,13,14,15). The van der Waals surface area contributed by atoms with E-state index in [2.05, 4.69) is 20.1 Å². The molecule has 13 heteroatoms. The number of amidine groups is 1. The first-order valence-corrected chi connectivity index (χ1v) is 6.67. The third kappa shape index (κ3) is 3.81. The highest BCUT2D eigenvalue weighted by Crippen LogP contribution is 2.18. The molecule has 1 aromatic heterocycles. The molecule has 102 valence electrons. The molecule has 0 saturated heterocycles. The van der Waals surface area contributed by atoms with Gasteiger partial charge in [0.2, 0.25) is 0 Å². The van der Waals surface area contributed by atoms with E-state index in [0.29, 0.717) is 0 Å². The number of hydrogen-bond donors (Lipinski definition) is 4. The largest absolute Gasteiger partial charge is 0.409 e. The monoisotopic (exact) mass is 298 g/mol. The first-order chi connectivity index (χ1) is 8.36. The minimum absolute atomic E-state index is 0.0259. The van der Waals surface area contributed by atoms with Crippen LogP contribution in [0.4, 0.5) is 0 Å². The van der Waals surface area contributed by atoms with Gasteiger partial charge in [-0.25, -0.2) is 4.63 Å². The highest BCUT2D eigenvalue weighted by Gasteiger charge is 2.17. The van der Waals surface area contributed by atoms with Crippen LogP contribution in [0.1, 0.15) is 5.69 Å². The van der Waals surface area contributed by atoms with Crippen LogP contribution in [0.15, 0.2) is 14.8 Å². The van der Waals surface area contributed by atoms with Crippen molar-refractivity contribution in [3.05, 3.63) is 5.69 Å². The summed E-state index contributed by atoms with van der Waals surface area (Å²) in [6.07, 6.45) is 0. The molecule has 0 atom stereocenters. The minimum Gasteiger partial charge on any atom is -0.409 e. The van der Waals surface area contributed by atoms with Crippen LogP contribution in [0.25, 0.3) is 0 Å². The molecule has 0 saturated carbocycles. The highest BCUT2D eigenvalue weighted by molar-refractivity contribution is 7.99. The van der Waals surface area contributed by atoms with Gasteiger partial charge >= 0.3 is 10.3 Å². The molecule has 0 spiro atoms. The van der Waals surface area contributed by atoms with E-state index in [9.17, 15) is 8.42 Å². The predicted molar refractivity (Wildman–Crippen MR) is 60.0 cm³/mol. The van der Waals surface area contributed by atoms with Crippen molar-refractivity contribution in [3.63, 3.8) is 0 Å². The first-order valence-electron chi connectivity index (χ1n) is 4.29. The van der Waals surface area contributed by atoms with Crippen LogP contribution in [0.5, 0.6) is 0 Å². The summed E-state index contributed by atoms with van der Waals surface area (Å²) in [7, 11) is -4.43. The van der Waals surface area contributed by atoms with E-state index in [1.165, 1.54) is 0 Å². The number of aromatic nitrogens is 2. The molecule has 1 heterocycles. The van der Waals surface area contributed by atoms with Gasteiger partial charge in [-0.1, -0.05) is 16.9 Å². The Kier molecular flexibility index (Phi) is 4.85. The summed E-state index contributed by atoms with van der Waals surface area (Å²) < 4.78 is 34.4. The fourth-order valence-corrected chi connectivity index (χ4v) is 2.11. The minimum atomic E-state index is -4.43. The zero-order valence-corrected chi connectivity index (χ0v) is 10.4. The molecular formula is C5H10N6O5S2. The molecule has 0 unspecified atom stereocenters. The Balaban J connectivity index is 2.58. The van der Waals surface area contributed by atoms with Crippen LogP contribution in [-0.2, 0) is 10.3 Å². The van der Waals surface area contributed by atoms with Crippen molar-refractivity contribution < 1.29 is 22.8 Å². The summed E-state index contributed by atoms with van der Waals surface area (Å²) in [6.45, 7) is -0.175. The van der Waals surface area contributed by atoms with E-state index in [1.807, 2.05) is 0 Å². The van der Waals surface area contributed by atoms with Crippen molar-refractivity contribution >= 4 is 27.9 Å². The Morgan fingerprint density at radius 3 is 2.78 bits per heavy atom. The quantitative estimate of drug-likeness (QED) is 0.0892. The first kappa shape index (κ1) is 14.7. The van der Waals surface area contributed by atoms with Crippen molar-refractivity contribution in [2.75, 3.05) is 12.3 Å². The van der Waals surface area contributed by atoms with Gasteiger partial charge in [-0.3, -0.25) is 10.4 Å². The van der Waals surface area contributed by atoms with E-state index >= 15 is 0 Å². The molecule has 0 bridgehead atoms. The Morgan fingerprint density at radius 2 is 2.22 bits per heavy atom. The lowest BCUT2D eigenvalue weighted by molar-refractivity contribution is 0.296. The van der Waals surface area contributed by atoms with E-state index in [-0.39, 0.29) is 33.3 Å². The van der Waals surface area contributed by atoms with Crippen LogP contribution in [0.2, 0.25) is 0 Å². The van der Waals surface area contributed by atoms with Crippen molar-refractivity contribution in [3.8, 4) is 0 Å². The fraction of sp³-hybridized carbons (Fsp3) is 0.400. The molecule has 0 aliphatic carbocycles. The Labute approximate surface area is 106 Å². The highest BCUT2D eigenvalue weighted by atomic mass is 32.2. The third-order valence-electron chi connectivity index (χ3n) is 1.66. The number of hydrogen-bond acceptors (Lipinski definition) is 9. The molecular weight excluding hydrogens is 288 g/mol. The Hall–Kier alpha value is -1.41. The van der Waals surface area contributed by atoms with Gasteiger partial charge in [-0.05, 0) is 10.3 Å². The zero-order chi connectivity index (χ0) is 13.8. The smallest absolute Gasteiger partial charge is 0.348 e. The summed E-state index contributed by atoms with van der Waals surface area (Å²) in [5.74, 6) is 4.90. The molecule has 1 aromatic rings. The maximum absolute atomic E-state index is 10.6. The molecule has 18 heavy (non-hydrogen) atoms. The Bertz CT molecular complexity index is 526. The third-order valence-corrected chi connectivity index (χ3v) is 3.36. The van der Waals surface area contributed by atoms with Crippen LogP contribution in [0, 0.1) is 0 Å². The Morgan fingerprint density at radius 1 is 1.56 bits per heavy atom. The molecule has 11 nitrogen and oxygen atoms in total. The SMILES string of the molecule is NC(=NO)c1nonc1SCCN(N)S(=O)(=O)O. The van der Waals surface area contributed by atoms with Gasteiger partial charge in [0.1, 0.15) is 0 Å². The zero-order valence-electron chi connectivity index (χ0n) is 8.79. The summed E-state index contributed by atoms with van der Waals surface area (Å²) in [6, 6.07) is 0. The van der Waals surface area contributed by atoms with Crippen molar-refractivity contribution in [1.29, 1.82) is 0 Å². The molecule has 0 aliphatic rings. The lowest BCUT2D eigenvalue weighted by Crippen LogP contribution is -2.38. The maximum atomic E-state index is 10.6. The second-order valence-corrected chi connectivity index (χ2v) is 5.29. The second kappa shape index (κ2) is 5.96. The number of oxime groups is 1. The molecule has 1 rings (SSSR count). The fourth-order valence-electron chi connectivity index (χ4n) is 0.827. The van der Waals surface area contributed by atoms with Gasteiger partial charge in [-0.2, -0.15) is 8.42 Å². The lowest BCUT2D eigenvalue weighted by Gasteiger charge is -2.10. The van der Waals surface area contributed by atoms with Crippen LogP contribution in [-0.4, -0.2) is 51.0 Å². The molecule has 0 aromatic carbocycles. The summed E-state index contributed by atoms with van der Waals surface area (Å²) in [4.78, 5) is 0. The van der Waals surface area contributed by atoms with Gasteiger partial charge in [-0.15, -0.1) is 4.41 Å². The summed E-state index contributed by atoms with van der Waals surface area (Å²) in [5, 5.41) is 18.3. The average molecular weight is 298 g/mol. The van der Waals surface area contributed by atoms with Gasteiger partial charge in [0.25, 0.3) is 0 Å². The molecule has 0 radical (unpaired) electrons. The molecule has 0 fully saturated rings. The van der Waals surface area contributed by atoms with Crippen LogP contribution in [0.3, 0.4) is 0 Å². The van der Waals surface area contributed by atoms with Crippen molar-refractivity contribution in [2.45, 2.75) is 5.03 Å². The second-order valence-electron chi connectivity index (χ2n) is 2.84.